The van der Waals surface area contributed by atoms with Gasteiger partial charge in [-0.05, 0) is 48.4 Å². The van der Waals surface area contributed by atoms with Crippen molar-refractivity contribution in [3.05, 3.63) is 104 Å². The molecule has 0 saturated carbocycles. The zero-order chi connectivity index (χ0) is 24.2. The lowest BCUT2D eigenvalue weighted by molar-refractivity contribution is -0.384. The molecule has 9 heteroatoms. The molecule has 0 aliphatic carbocycles. The van der Waals surface area contributed by atoms with Crippen molar-refractivity contribution in [2.75, 3.05) is 13.7 Å². The van der Waals surface area contributed by atoms with Crippen LogP contribution in [0.1, 0.15) is 29.8 Å². The second-order valence-electron chi connectivity index (χ2n) is 7.88. The molecule has 0 radical (unpaired) electrons. The summed E-state index contributed by atoms with van der Waals surface area (Å²) in [6.07, 6.45) is -0.492. The zero-order valence-electron chi connectivity index (χ0n) is 18.7. The SMILES string of the molecule is COc1ccc(Br)cc1[C@H]1N(Cc2ccccc2)CC(=O)N1/N=C(/C)c1ccc([N+](=O)[O-])cc1. The fraction of sp³-hybridized carbons (Fsp3) is 0.200. The molecular weight excluding hydrogens is 500 g/mol. The van der Waals surface area contributed by atoms with E-state index in [4.69, 9.17) is 4.74 Å². The van der Waals surface area contributed by atoms with Crippen LogP contribution in [0.4, 0.5) is 5.69 Å². The van der Waals surface area contributed by atoms with Gasteiger partial charge in [0.2, 0.25) is 0 Å². The number of non-ortho nitro benzene ring substituents is 1. The van der Waals surface area contributed by atoms with Crippen molar-refractivity contribution in [3.63, 3.8) is 0 Å². The van der Waals surface area contributed by atoms with Gasteiger partial charge >= 0.3 is 0 Å². The minimum Gasteiger partial charge on any atom is -0.496 e. The van der Waals surface area contributed by atoms with Gasteiger partial charge in [0.25, 0.3) is 11.6 Å². The highest BCUT2D eigenvalue weighted by Crippen LogP contribution is 2.39. The number of halogens is 1. The van der Waals surface area contributed by atoms with Crippen molar-refractivity contribution in [1.29, 1.82) is 0 Å². The number of hydrogen-bond acceptors (Lipinski definition) is 6. The molecule has 1 heterocycles. The maximum Gasteiger partial charge on any atom is 0.269 e. The van der Waals surface area contributed by atoms with E-state index >= 15 is 0 Å². The van der Waals surface area contributed by atoms with Crippen LogP contribution in [0.2, 0.25) is 0 Å². The van der Waals surface area contributed by atoms with Crippen LogP contribution >= 0.6 is 15.9 Å². The Hall–Kier alpha value is -3.56. The van der Waals surface area contributed by atoms with Gasteiger partial charge in [0.15, 0.2) is 0 Å². The first-order chi connectivity index (χ1) is 16.4. The Bertz CT molecular complexity index is 1230. The summed E-state index contributed by atoms with van der Waals surface area (Å²) in [7, 11) is 1.60. The summed E-state index contributed by atoms with van der Waals surface area (Å²) in [5, 5.41) is 17.1. The van der Waals surface area contributed by atoms with E-state index in [0.29, 0.717) is 23.6 Å². The topological polar surface area (TPSA) is 88.3 Å². The molecule has 4 rings (SSSR count). The normalized spacial score (nSPS) is 16.7. The number of hydrazone groups is 1. The fourth-order valence-corrected chi connectivity index (χ4v) is 4.35. The van der Waals surface area contributed by atoms with Crippen LogP contribution < -0.4 is 4.74 Å². The van der Waals surface area contributed by atoms with E-state index in [1.54, 1.807) is 26.2 Å². The molecular formula is C25H23BrN4O4. The molecule has 34 heavy (non-hydrogen) atoms. The Labute approximate surface area is 205 Å². The molecule has 0 unspecified atom stereocenters. The van der Waals surface area contributed by atoms with Crippen LogP contribution in [-0.2, 0) is 11.3 Å². The van der Waals surface area contributed by atoms with Crippen LogP contribution in [-0.4, -0.2) is 40.1 Å². The summed E-state index contributed by atoms with van der Waals surface area (Å²) in [5.74, 6) is 0.498. The van der Waals surface area contributed by atoms with Crippen molar-refractivity contribution in [1.82, 2.24) is 9.91 Å². The van der Waals surface area contributed by atoms with Crippen LogP contribution in [0.5, 0.6) is 5.75 Å². The van der Waals surface area contributed by atoms with Crippen LogP contribution in [0.15, 0.2) is 82.4 Å². The second-order valence-corrected chi connectivity index (χ2v) is 8.79. The monoisotopic (exact) mass is 522 g/mol. The van der Waals surface area contributed by atoms with Crippen LogP contribution in [0.3, 0.4) is 0 Å². The van der Waals surface area contributed by atoms with Gasteiger partial charge in [0.05, 0.1) is 24.3 Å². The Morgan fingerprint density at radius 1 is 1.15 bits per heavy atom. The lowest BCUT2D eigenvalue weighted by atomic mass is 10.1. The number of rotatable bonds is 7. The van der Waals surface area contributed by atoms with Crippen molar-refractivity contribution >= 4 is 33.2 Å². The minimum atomic E-state index is -0.492. The Balaban J connectivity index is 1.75. The predicted molar refractivity (Wildman–Crippen MR) is 132 cm³/mol. The average Bonchev–Trinajstić information content (AvgIpc) is 3.13. The number of hydrogen-bond donors (Lipinski definition) is 0. The van der Waals surface area contributed by atoms with Gasteiger partial charge < -0.3 is 4.74 Å². The number of benzene rings is 3. The van der Waals surface area contributed by atoms with Gasteiger partial charge in [-0.15, -0.1) is 0 Å². The lowest BCUT2D eigenvalue weighted by Gasteiger charge is -2.29. The molecule has 0 N–H and O–H groups in total. The molecule has 0 aromatic heterocycles. The highest BCUT2D eigenvalue weighted by molar-refractivity contribution is 9.10. The highest BCUT2D eigenvalue weighted by atomic mass is 79.9. The average molecular weight is 523 g/mol. The zero-order valence-corrected chi connectivity index (χ0v) is 20.3. The molecule has 1 fully saturated rings. The predicted octanol–water partition coefficient (Wildman–Crippen LogP) is 5.13. The first-order valence-corrected chi connectivity index (χ1v) is 11.4. The molecule has 1 aliphatic rings. The number of carbonyl (C=O) groups excluding carboxylic acids is 1. The summed E-state index contributed by atoms with van der Waals surface area (Å²) < 4.78 is 6.48. The number of amides is 1. The summed E-state index contributed by atoms with van der Waals surface area (Å²) in [6, 6.07) is 21.7. The molecule has 1 aliphatic heterocycles. The first kappa shape index (κ1) is 23.6. The van der Waals surface area contributed by atoms with E-state index in [1.165, 1.54) is 17.1 Å². The summed E-state index contributed by atoms with van der Waals surface area (Å²) in [5.41, 5.74) is 3.15. The third-order valence-electron chi connectivity index (χ3n) is 5.62. The van der Waals surface area contributed by atoms with E-state index in [-0.39, 0.29) is 18.1 Å². The Morgan fingerprint density at radius 3 is 2.50 bits per heavy atom. The van der Waals surface area contributed by atoms with Gasteiger partial charge in [-0.25, -0.2) is 5.01 Å². The molecule has 8 nitrogen and oxygen atoms in total. The molecule has 1 amide bonds. The summed E-state index contributed by atoms with van der Waals surface area (Å²) >= 11 is 3.53. The largest absolute Gasteiger partial charge is 0.496 e. The van der Waals surface area contributed by atoms with E-state index in [2.05, 4.69) is 25.9 Å². The van der Waals surface area contributed by atoms with E-state index in [9.17, 15) is 14.9 Å². The number of methoxy groups -OCH3 is 1. The lowest BCUT2D eigenvalue weighted by Crippen LogP contribution is -2.29. The molecule has 174 valence electrons. The third kappa shape index (κ3) is 5.00. The fourth-order valence-electron chi connectivity index (χ4n) is 3.97. The summed E-state index contributed by atoms with van der Waals surface area (Å²) in [4.78, 5) is 25.8. The maximum absolute atomic E-state index is 13.2. The van der Waals surface area contributed by atoms with Gasteiger partial charge in [-0.2, -0.15) is 5.10 Å². The standard InChI is InChI=1S/C25H23BrN4O4/c1-17(19-8-11-21(12-9-19)30(32)33)27-29-24(31)16-28(15-18-6-4-3-5-7-18)25(29)22-14-20(26)10-13-23(22)34-2/h3-14,25H,15-16H2,1-2H3/b27-17-/t25-/m0/s1. The minimum absolute atomic E-state index is 0.000385. The smallest absolute Gasteiger partial charge is 0.269 e. The number of carbonyl (C=O) groups is 1. The van der Waals surface area contributed by atoms with Crippen LogP contribution in [0.25, 0.3) is 0 Å². The second kappa shape index (κ2) is 10.1. The van der Waals surface area contributed by atoms with Gasteiger partial charge in [0, 0.05) is 28.7 Å². The van der Waals surface area contributed by atoms with Crippen molar-refractivity contribution in [2.45, 2.75) is 19.6 Å². The van der Waals surface area contributed by atoms with Crippen molar-refractivity contribution in [2.24, 2.45) is 5.10 Å². The van der Waals surface area contributed by atoms with E-state index < -0.39 is 11.1 Å². The molecule has 3 aromatic carbocycles. The molecule has 3 aromatic rings. The number of nitro benzene ring substituents is 1. The Kier molecular flexibility index (Phi) is 7.04. The van der Waals surface area contributed by atoms with Crippen LogP contribution in [0, 0.1) is 10.1 Å². The molecule has 0 spiro atoms. The van der Waals surface area contributed by atoms with Gasteiger partial charge in [0.1, 0.15) is 11.9 Å². The number of nitro groups is 1. The summed E-state index contributed by atoms with van der Waals surface area (Å²) in [6.45, 7) is 2.52. The van der Waals surface area contributed by atoms with Gasteiger partial charge in [-0.1, -0.05) is 46.3 Å². The number of ether oxygens (including phenoxy) is 1. The highest BCUT2D eigenvalue weighted by Gasteiger charge is 2.41. The first-order valence-electron chi connectivity index (χ1n) is 10.6. The van der Waals surface area contributed by atoms with Crippen molar-refractivity contribution < 1.29 is 14.5 Å². The Morgan fingerprint density at radius 2 is 1.85 bits per heavy atom. The third-order valence-corrected chi connectivity index (χ3v) is 6.12. The van der Waals surface area contributed by atoms with Crippen molar-refractivity contribution in [3.8, 4) is 5.75 Å². The maximum atomic E-state index is 13.2. The molecule has 0 bridgehead atoms. The quantitative estimate of drug-likeness (QED) is 0.243. The molecule has 1 saturated heterocycles. The van der Waals surface area contributed by atoms with E-state index in [1.807, 2.05) is 48.5 Å². The number of nitrogens with zero attached hydrogens (tertiary/aromatic N) is 4. The molecule has 1 atom stereocenters. The van der Waals surface area contributed by atoms with Gasteiger partial charge in [-0.3, -0.25) is 19.8 Å². The van der Waals surface area contributed by atoms with E-state index in [0.717, 1.165) is 15.6 Å².